The fraction of sp³-hybridized carbons (Fsp3) is 0.643. The van der Waals surface area contributed by atoms with Gasteiger partial charge in [-0.3, -0.25) is 4.79 Å². The Bertz CT molecular complexity index is 409. The maximum absolute atomic E-state index is 12.2. The third-order valence-electron chi connectivity index (χ3n) is 3.01. The highest BCUT2D eigenvalue weighted by Crippen LogP contribution is 2.14. The van der Waals surface area contributed by atoms with Crippen LogP contribution in [0.4, 0.5) is 0 Å². The number of unbranched alkanes of at least 4 members (excludes halogenated alkanes) is 2. The average Bonchev–Trinajstić information content (AvgIpc) is 2.31. The molecule has 0 atom stereocenters. The maximum atomic E-state index is 12.2. The van der Waals surface area contributed by atoms with Crippen LogP contribution in [0.5, 0.6) is 0 Å². The third kappa shape index (κ3) is 3.60. The summed E-state index contributed by atoms with van der Waals surface area (Å²) in [6.07, 6.45) is 3.39. The summed E-state index contributed by atoms with van der Waals surface area (Å²) < 4.78 is 1.90. The highest BCUT2D eigenvalue weighted by Gasteiger charge is 2.10. The molecule has 0 spiro atoms. The van der Waals surface area contributed by atoms with Gasteiger partial charge in [-0.1, -0.05) is 39.7 Å². The van der Waals surface area contributed by atoms with Gasteiger partial charge >= 0.3 is 0 Å². The molecule has 0 radical (unpaired) electrons. The van der Waals surface area contributed by atoms with Gasteiger partial charge in [0.2, 0.25) is 0 Å². The molecule has 1 aromatic heterocycles. The molecule has 0 aromatic carbocycles. The number of rotatable bonds is 6. The van der Waals surface area contributed by atoms with Crippen molar-refractivity contribution in [3.05, 3.63) is 33.7 Å². The van der Waals surface area contributed by atoms with Crippen molar-refractivity contribution >= 4 is 11.6 Å². The van der Waals surface area contributed by atoms with Gasteiger partial charge in [0.05, 0.1) is 5.88 Å². The molecule has 3 heteroatoms. The van der Waals surface area contributed by atoms with Gasteiger partial charge in [0, 0.05) is 17.8 Å². The third-order valence-corrected chi connectivity index (χ3v) is 3.30. The fourth-order valence-corrected chi connectivity index (χ4v) is 2.20. The minimum absolute atomic E-state index is 0.0855. The second-order valence-electron chi connectivity index (χ2n) is 4.74. The highest BCUT2D eigenvalue weighted by atomic mass is 35.5. The van der Waals surface area contributed by atoms with Crippen molar-refractivity contribution < 1.29 is 0 Å². The Hall–Kier alpha value is -0.760. The van der Waals surface area contributed by atoms with Gasteiger partial charge in [-0.05, 0) is 18.4 Å². The standard InChI is InChI=1S/C14H22ClNO/c1-4-5-6-9-16-13(11(2)3)8-7-12(10-15)14(16)17/h7-8,11H,4-6,9-10H2,1-3H3. The Balaban J connectivity index is 3.07. The second-order valence-corrected chi connectivity index (χ2v) is 5.00. The van der Waals surface area contributed by atoms with E-state index in [2.05, 4.69) is 20.8 Å². The van der Waals surface area contributed by atoms with Crippen LogP contribution in [0.15, 0.2) is 16.9 Å². The van der Waals surface area contributed by atoms with Crippen LogP contribution in [0, 0.1) is 0 Å². The van der Waals surface area contributed by atoms with Crippen molar-refractivity contribution in [2.45, 2.75) is 58.4 Å². The molecule has 96 valence electrons. The van der Waals surface area contributed by atoms with Crippen LogP contribution >= 0.6 is 11.6 Å². The van der Waals surface area contributed by atoms with E-state index in [1.165, 1.54) is 6.42 Å². The lowest BCUT2D eigenvalue weighted by molar-refractivity contribution is 0.551. The molecule has 0 saturated heterocycles. The number of halogens is 1. The van der Waals surface area contributed by atoms with Crippen LogP contribution in [0.1, 0.15) is 57.2 Å². The lowest BCUT2D eigenvalue weighted by Gasteiger charge is -2.16. The summed E-state index contributed by atoms with van der Waals surface area (Å²) >= 11 is 5.78. The summed E-state index contributed by atoms with van der Waals surface area (Å²) in [6.45, 7) is 7.21. The van der Waals surface area contributed by atoms with Gasteiger partial charge in [0.15, 0.2) is 0 Å². The Labute approximate surface area is 109 Å². The molecule has 1 heterocycles. The molecule has 0 N–H and O–H groups in total. The maximum Gasteiger partial charge on any atom is 0.255 e. The Morgan fingerprint density at radius 3 is 2.53 bits per heavy atom. The van der Waals surface area contributed by atoms with Crippen LogP contribution in [0.3, 0.4) is 0 Å². The minimum Gasteiger partial charge on any atom is -0.312 e. The second kappa shape index (κ2) is 6.85. The van der Waals surface area contributed by atoms with Crippen molar-refractivity contribution in [3.63, 3.8) is 0 Å². The molecule has 0 amide bonds. The van der Waals surface area contributed by atoms with Crippen molar-refractivity contribution in [1.29, 1.82) is 0 Å². The van der Waals surface area contributed by atoms with Crippen LogP contribution in [0.25, 0.3) is 0 Å². The van der Waals surface area contributed by atoms with E-state index < -0.39 is 0 Å². The number of alkyl halides is 1. The molecular weight excluding hydrogens is 234 g/mol. The number of hydrogen-bond donors (Lipinski definition) is 0. The first-order valence-corrected chi connectivity index (χ1v) is 6.93. The fourth-order valence-electron chi connectivity index (χ4n) is 1.99. The summed E-state index contributed by atoms with van der Waals surface area (Å²) in [4.78, 5) is 12.2. The van der Waals surface area contributed by atoms with Gasteiger partial charge in [-0.15, -0.1) is 11.6 Å². The summed E-state index contributed by atoms with van der Waals surface area (Å²) in [6, 6.07) is 3.90. The van der Waals surface area contributed by atoms with Crippen LogP contribution < -0.4 is 5.56 Å². The largest absolute Gasteiger partial charge is 0.312 e. The van der Waals surface area contributed by atoms with E-state index in [-0.39, 0.29) is 5.56 Å². The van der Waals surface area contributed by atoms with Crippen LogP contribution in [0.2, 0.25) is 0 Å². The van der Waals surface area contributed by atoms with Crippen molar-refractivity contribution in [3.8, 4) is 0 Å². The predicted molar refractivity (Wildman–Crippen MR) is 73.9 cm³/mol. The molecule has 1 rings (SSSR count). The predicted octanol–water partition coefficient (Wildman–Crippen LogP) is 3.90. The SMILES string of the molecule is CCCCCn1c(C(C)C)ccc(CCl)c1=O. The van der Waals surface area contributed by atoms with Crippen LogP contribution in [-0.4, -0.2) is 4.57 Å². The Kier molecular flexibility index (Phi) is 5.76. The first-order chi connectivity index (χ1) is 8.11. The lowest BCUT2D eigenvalue weighted by atomic mass is 10.1. The molecule has 1 aromatic rings. The molecule has 0 fully saturated rings. The smallest absolute Gasteiger partial charge is 0.255 e. The molecule has 0 bridgehead atoms. The summed E-state index contributed by atoms with van der Waals surface area (Å²) in [5.74, 6) is 0.666. The van der Waals surface area contributed by atoms with E-state index in [4.69, 9.17) is 11.6 Å². The zero-order chi connectivity index (χ0) is 12.8. The van der Waals surface area contributed by atoms with E-state index in [0.29, 0.717) is 17.4 Å². The van der Waals surface area contributed by atoms with Crippen molar-refractivity contribution in [2.24, 2.45) is 0 Å². The topological polar surface area (TPSA) is 22.0 Å². The van der Waals surface area contributed by atoms with Gasteiger partial charge in [-0.2, -0.15) is 0 Å². The molecule has 0 aliphatic carbocycles. The summed E-state index contributed by atoms with van der Waals surface area (Å²) in [5, 5.41) is 0. The van der Waals surface area contributed by atoms with Gasteiger partial charge < -0.3 is 4.57 Å². The van der Waals surface area contributed by atoms with Gasteiger partial charge in [0.25, 0.3) is 5.56 Å². The number of aromatic nitrogens is 1. The normalized spacial score (nSPS) is 11.1. The molecule has 0 saturated carbocycles. The molecule has 2 nitrogen and oxygen atoms in total. The van der Waals surface area contributed by atoms with E-state index in [9.17, 15) is 4.79 Å². The first kappa shape index (κ1) is 14.3. The van der Waals surface area contributed by atoms with Crippen molar-refractivity contribution in [2.75, 3.05) is 0 Å². The molecule has 17 heavy (non-hydrogen) atoms. The van der Waals surface area contributed by atoms with E-state index in [0.717, 1.165) is 25.1 Å². The quantitative estimate of drug-likeness (QED) is 0.558. The van der Waals surface area contributed by atoms with Gasteiger partial charge in [0.1, 0.15) is 0 Å². The van der Waals surface area contributed by atoms with E-state index >= 15 is 0 Å². The summed E-state index contributed by atoms with van der Waals surface area (Å²) in [5.41, 5.74) is 1.90. The minimum atomic E-state index is 0.0855. The zero-order valence-electron chi connectivity index (χ0n) is 11.0. The van der Waals surface area contributed by atoms with Crippen LogP contribution in [-0.2, 0) is 12.4 Å². The van der Waals surface area contributed by atoms with Gasteiger partial charge in [-0.25, -0.2) is 0 Å². The lowest BCUT2D eigenvalue weighted by Crippen LogP contribution is -2.26. The molecular formula is C14H22ClNO. The summed E-state index contributed by atoms with van der Waals surface area (Å²) in [7, 11) is 0. The Morgan fingerprint density at radius 2 is 2.00 bits per heavy atom. The number of nitrogens with zero attached hydrogens (tertiary/aromatic N) is 1. The Morgan fingerprint density at radius 1 is 1.29 bits per heavy atom. The van der Waals surface area contributed by atoms with E-state index in [1.54, 1.807) is 0 Å². The number of hydrogen-bond acceptors (Lipinski definition) is 1. The highest BCUT2D eigenvalue weighted by molar-refractivity contribution is 6.17. The van der Waals surface area contributed by atoms with Crippen molar-refractivity contribution in [1.82, 2.24) is 4.57 Å². The molecule has 0 unspecified atom stereocenters. The molecule has 0 aliphatic rings. The number of pyridine rings is 1. The zero-order valence-corrected chi connectivity index (χ0v) is 11.8. The average molecular weight is 256 g/mol. The van der Waals surface area contributed by atoms with E-state index in [1.807, 2.05) is 16.7 Å². The first-order valence-electron chi connectivity index (χ1n) is 6.40. The monoisotopic (exact) mass is 255 g/mol. The molecule has 0 aliphatic heterocycles.